The van der Waals surface area contributed by atoms with Crippen molar-refractivity contribution in [2.24, 2.45) is 0 Å². The van der Waals surface area contributed by atoms with Gasteiger partial charge in [-0.25, -0.2) is 4.98 Å². The summed E-state index contributed by atoms with van der Waals surface area (Å²) in [5, 5.41) is 3.76. The summed E-state index contributed by atoms with van der Waals surface area (Å²) in [5.74, 6) is 1.20. The van der Waals surface area contributed by atoms with E-state index >= 15 is 0 Å². The lowest BCUT2D eigenvalue weighted by atomic mass is 9.91. The van der Waals surface area contributed by atoms with E-state index in [1.165, 1.54) is 31.8 Å². The monoisotopic (exact) mass is 292 g/mol. The summed E-state index contributed by atoms with van der Waals surface area (Å²) in [6.07, 6.45) is 9.03. The van der Waals surface area contributed by atoms with Crippen LogP contribution in [0.25, 0.3) is 0 Å². The van der Waals surface area contributed by atoms with Crippen LogP contribution in [0.2, 0.25) is 0 Å². The molecule has 0 aliphatic carbocycles. The molecule has 2 rings (SSSR count). The average Bonchev–Trinajstić information content (AvgIpc) is 3.11. The van der Waals surface area contributed by atoms with E-state index in [9.17, 15) is 0 Å². The Morgan fingerprint density at radius 3 is 2.57 bits per heavy atom. The quantitative estimate of drug-likeness (QED) is 0.798. The maximum absolute atomic E-state index is 4.70. The third-order valence-electron chi connectivity index (χ3n) is 4.70. The summed E-state index contributed by atoms with van der Waals surface area (Å²) in [7, 11) is 0. The summed E-state index contributed by atoms with van der Waals surface area (Å²) in [6, 6.07) is 0.289. The zero-order chi connectivity index (χ0) is 15.3. The van der Waals surface area contributed by atoms with Crippen LogP contribution in [0.1, 0.15) is 65.2 Å². The average molecular weight is 292 g/mol. The molecule has 4 heteroatoms. The van der Waals surface area contributed by atoms with E-state index in [-0.39, 0.29) is 11.6 Å². The van der Waals surface area contributed by atoms with Crippen molar-refractivity contribution in [3.05, 3.63) is 18.2 Å². The molecule has 1 aliphatic rings. The molecular weight excluding hydrogens is 260 g/mol. The van der Waals surface area contributed by atoms with Crippen molar-refractivity contribution < 1.29 is 0 Å². The molecule has 0 amide bonds. The minimum absolute atomic E-state index is 0.0997. The van der Waals surface area contributed by atoms with Gasteiger partial charge in [0.1, 0.15) is 5.82 Å². The van der Waals surface area contributed by atoms with Crippen molar-refractivity contribution in [3.63, 3.8) is 0 Å². The summed E-state index contributed by atoms with van der Waals surface area (Å²) < 4.78 is 2.32. The van der Waals surface area contributed by atoms with Gasteiger partial charge < -0.3 is 9.88 Å². The third-order valence-corrected chi connectivity index (χ3v) is 4.70. The van der Waals surface area contributed by atoms with Gasteiger partial charge >= 0.3 is 0 Å². The van der Waals surface area contributed by atoms with E-state index in [1.54, 1.807) is 0 Å². The fourth-order valence-electron chi connectivity index (χ4n) is 3.43. The molecule has 0 radical (unpaired) electrons. The highest BCUT2D eigenvalue weighted by Crippen LogP contribution is 2.33. The van der Waals surface area contributed by atoms with Crippen LogP contribution in [0.15, 0.2) is 12.4 Å². The smallest absolute Gasteiger partial charge is 0.127 e. The Morgan fingerprint density at radius 2 is 1.95 bits per heavy atom. The van der Waals surface area contributed by atoms with Gasteiger partial charge in [-0.05, 0) is 59.2 Å². The largest absolute Gasteiger partial charge is 0.334 e. The topological polar surface area (TPSA) is 33.1 Å². The number of hydrogen-bond acceptors (Lipinski definition) is 3. The minimum atomic E-state index is 0.0997. The molecule has 1 saturated heterocycles. The van der Waals surface area contributed by atoms with Crippen LogP contribution in [-0.4, -0.2) is 39.6 Å². The SMILES string of the molecule is CCCNC(c1nccn1CCC)C(C)(C)N1CCCC1. The number of aromatic nitrogens is 2. The number of nitrogens with one attached hydrogen (secondary N) is 1. The fourth-order valence-corrected chi connectivity index (χ4v) is 3.43. The summed E-state index contributed by atoms with van der Waals surface area (Å²) in [4.78, 5) is 7.33. The molecule has 1 aromatic heterocycles. The maximum atomic E-state index is 4.70. The lowest BCUT2D eigenvalue weighted by Gasteiger charge is -2.42. The first kappa shape index (κ1) is 16.5. The van der Waals surface area contributed by atoms with Crippen LogP contribution in [0.4, 0.5) is 0 Å². The van der Waals surface area contributed by atoms with E-state index in [0.717, 1.165) is 25.9 Å². The van der Waals surface area contributed by atoms with Crippen LogP contribution >= 0.6 is 0 Å². The Hall–Kier alpha value is -0.870. The highest BCUT2D eigenvalue weighted by Gasteiger charge is 2.39. The molecule has 0 saturated carbocycles. The molecule has 21 heavy (non-hydrogen) atoms. The Morgan fingerprint density at radius 1 is 1.24 bits per heavy atom. The van der Waals surface area contributed by atoms with Crippen molar-refractivity contribution in [1.82, 2.24) is 19.8 Å². The summed E-state index contributed by atoms with van der Waals surface area (Å²) in [6.45, 7) is 13.7. The van der Waals surface area contributed by atoms with Crippen molar-refractivity contribution in [2.45, 2.75) is 71.5 Å². The molecule has 0 aromatic carbocycles. The molecule has 1 aliphatic heterocycles. The zero-order valence-corrected chi connectivity index (χ0v) is 14.2. The number of aryl methyl sites for hydroxylation is 1. The molecule has 0 spiro atoms. The van der Waals surface area contributed by atoms with Gasteiger partial charge in [-0.2, -0.15) is 0 Å². The molecule has 1 aromatic rings. The highest BCUT2D eigenvalue weighted by molar-refractivity contribution is 5.09. The van der Waals surface area contributed by atoms with Crippen LogP contribution < -0.4 is 5.32 Å². The first-order valence-corrected chi connectivity index (χ1v) is 8.60. The van der Waals surface area contributed by atoms with Crippen LogP contribution in [0.3, 0.4) is 0 Å². The van der Waals surface area contributed by atoms with Crippen molar-refractivity contribution in [2.75, 3.05) is 19.6 Å². The Kier molecular flexibility index (Phi) is 5.82. The lowest BCUT2D eigenvalue weighted by Crippen LogP contribution is -2.52. The number of likely N-dealkylation sites (tertiary alicyclic amines) is 1. The predicted octanol–water partition coefficient (Wildman–Crippen LogP) is 3.21. The summed E-state index contributed by atoms with van der Waals surface area (Å²) in [5.41, 5.74) is 0.0997. The van der Waals surface area contributed by atoms with E-state index in [4.69, 9.17) is 4.98 Å². The molecule has 1 N–H and O–H groups in total. The number of nitrogens with zero attached hydrogens (tertiary/aromatic N) is 3. The fraction of sp³-hybridized carbons (Fsp3) is 0.824. The van der Waals surface area contributed by atoms with Crippen LogP contribution in [0.5, 0.6) is 0 Å². The third kappa shape index (κ3) is 3.67. The Labute approximate surface area is 129 Å². The van der Waals surface area contributed by atoms with Crippen LogP contribution in [0, 0.1) is 0 Å². The van der Waals surface area contributed by atoms with E-state index < -0.39 is 0 Å². The van der Waals surface area contributed by atoms with E-state index in [2.05, 4.69) is 48.7 Å². The van der Waals surface area contributed by atoms with Gasteiger partial charge in [-0.15, -0.1) is 0 Å². The predicted molar refractivity (Wildman–Crippen MR) is 88.4 cm³/mol. The summed E-state index contributed by atoms with van der Waals surface area (Å²) >= 11 is 0. The van der Waals surface area contributed by atoms with Crippen molar-refractivity contribution >= 4 is 0 Å². The second-order valence-electron chi connectivity index (χ2n) is 6.71. The first-order valence-electron chi connectivity index (χ1n) is 8.60. The molecule has 1 unspecified atom stereocenters. The van der Waals surface area contributed by atoms with E-state index in [0.29, 0.717) is 0 Å². The van der Waals surface area contributed by atoms with Crippen LogP contribution in [-0.2, 0) is 6.54 Å². The molecule has 120 valence electrons. The number of rotatable bonds is 8. The zero-order valence-electron chi connectivity index (χ0n) is 14.2. The normalized spacial score (nSPS) is 18.3. The Bertz CT molecular complexity index is 418. The minimum Gasteiger partial charge on any atom is -0.334 e. The number of hydrogen-bond donors (Lipinski definition) is 1. The van der Waals surface area contributed by atoms with Gasteiger partial charge in [0, 0.05) is 24.5 Å². The van der Waals surface area contributed by atoms with Gasteiger partial charge in [0.2, 0.25) is 0 Å². The van der Waals surface area contributed by atoms with Gasteiger partial charge in [0.05, 0.1) is 6.04 Å². The standard InChI is InChI=1S/C17H32N4/c1-5-9-18-15(16-19-10-14-20(16)11-6-2)17(3,4)21-12-7-8-13-21/h10,14-15,18H,5-9,11-13H2,1-4H3. The second kappa shape index (κ2) is 7.41. The highest BCUT2D eigenvalue weighted by atomic mass is 15.3. The van der Waals surface area contributed by atoms with E-state index in [1.807, 2.05) is 6.20 Å². The van der Waals surface area contributed by atoms with Gasteiger partial charge in [-0.3, -0.25) is 4.90 Å². The first-order chi connectivity index (χ1) is 10.1. The molecule has 4 nitrogen and oxygen atoms in total. The van der Waals surface area contributed by atoms with Crippen molar-refractivity contribution in [3.8, 4) is 0 Å². The maximum Gasteiger partial charge on any atom is 0.127 e. The molecule has 2 heterocycles. The molecular formula is C17H32N4. The number of imidazole rings is 1. The second-order valence-corrected chi connectivity index (χ2v) is 6.71. The lowest BCUT2D eigenvalue weighted by molar-refractivity contribution is 0.101. The molecule has 1 fully saturated rings. The van der Waals surface area contributed by atoms with Gasteiger partial charge in [-0.1, -0.05) is 13.8 Å². The molecule has 1 atom stereocenters. The van der Waals surface area contributed by atoms with Crippen molar-refractivity contribution in [1.29, 1.82) is 0 Å². The van der Waals surface area contributed by atoms with Gasteiger partial charge in [0.15, 0.2) is 0 Å². The van der Waals surface area contributed by atoms with Gasteiger partial charge in [0.25, 0.3) is 0 Å². The molecule has 0 bridgehead atoms. The Balaban J connectivity index is 2.25.